The van der Waals surface area contributed by atoms with Crippen LogP contribution in [0.3, 0.4) is 0 Å². The highest BCUT2D eigenvalue weighted by molar-refractivity contribution is 4.64. The van der Waals surface area contributed by atoms with Gasteiger partial charge >= 0.3 is 17.1 Å². The van der Waals surface area contributed by atoms with Crippen molar-refractivity contribution in [2.75, 3.05) is 7.05 Å². The zero-order chi connectivity index (χ0) is 9.30. The third-order valence-corrected chi connectivity index (χ3v) is 1.50. The maximum Gasteiger partial charge on any atom is 0.425 e. The van der Waals surface area contributed by atoms with Crippen molar-refractivity contribution >= 4 is 0 Å². The highest BCUT2D eigenvalue weighted by Gasteiger charge is 2.01. The first kappa shape index (κ1) is 8.51. The first-order valence-electron chi connectivity index (χ1n) is 3.28. The van der Waals surface area contributed by atoms with E-state index in [4.69, 9.17) is 0 Å². The van der Waals surface area contributed by atoms with Crippen molar-refractivity contribution in [2.45, 2.75) is 0 Å². The van der Waals surface area contributed by atoms with Crippen LogP contribution in [0.25, 0.3) is 0 Å². The topological polar surface area (TPSA) is 69.5 Å². The Hall–Kier alpha value is -1.59. The minimum Gasteiger partial charge on any atom is -0.375 e. The monoisotopic (exact) mass is 171 g/mol. The molecule has 0 unspecified atom stereocenters. The van der Waals surface area contributed by atoms with Gasteiger partial charge in [-0.1, -0.05) is 0 Å². The standard InChI is InChI=1S/C6H9N3O3/c1-7-4-8(2)5(10)9(3)6(11)12-4/h1-3H3. The van der Waals surface area contributed by atoms with E-state index in [0.717, 1.165) is 9.13 Å². The molecular weight excluding hydrogens is 162 g/mol. The fourth-order valence-corrected chi connectivity index (χ4v) is 0.796. The molecule has 1 heterocycles. The Morgan fingerprint density at radius 1 is 1.25 bits per heavy atom. The Kier molecular flexibility index (Phi) is 1.99. The zero-order valence-corrected chi connectivity index (χ0v) is 7.07. The molecule has 0 aliphatic carbocycles. The number of aromatic nitrogens is 2. The molecule has 0 saturated heterocycles. The summed E-state index contributed by atoms with van der Waals surface area (Å²) in [5.74, 6) is -0.710. The molecule has 0 fully saturated rings. The quantitative estimate of drug-likeness (QED) is 0.462. The van der Waals surface area contributed by atoms with Crippen molar-refractivity contribution in [2.24, 2.45) is 19.1 Å². The van der Waals surface area contributed by atoms with Crippen molar-refractivity contribution in [3.05, 3.63) is 26.7 Å². The highest BCUT2D eigenvalue weighted by Crippen LogP contribution is 1.59. The predicted octanol–water partition coefficient (Wildman–Crippen LogP) is -1.79. The van der Waals surface area contributed by atoms with Crippen LogP contribution in [-0.4, -0.2) is 16.2 Å². The lowest BCUT2D eigenvalue weighted by atomic mass is 10.9. The maximum absolute atomic E-state index is 11.2. The van der Waals surface area contributed by atoms with E-state index in [1.807, 2.05) is 0 Å². The lowest BCUT2D eigenvalue weighted by Gasteiger charge is -1.98. The van der Waals surface area contributed by atoms with Gasteiger partial charge < -0.3 is 4.42 Å². The summed E-state index contributed by atoms with van der Waals surface area (Å²) < 4.78 is 6.70. The first-order chi connectivity index (χ1) is 5.57. The Labute approximate surface area is 67.4 Å². The molecule has 12 heavy (non-hydrogen) atoms. The van der Waals surface area contributed by atoms with E-state index in [1.54, 1.807) is 0 Å². The van der Waals surface area contributed by atoms with Crippen LogP contribution in [0, 0.1) is 0 Å². The molecule has 6 nitrogen and oxygen atoms in total. The maximum atomic E-state index is 11.2. The highest BCUT2D eigenvalue weighted by atomic mass is 16.4. The van der Waals surface area contributed by atoms with Gasteiger partial charge in [0, 0.05) is 21.1 Å². The SMILES string of the molecule is CN=c1oc(=O)n(C)c(=O)n1C. The predicted molar refractivity (Wildman–Crippen MR) is 40.7 cm³/mol. The van der Waals surface area contributed by atoms with Gasteiger partial charge in [-0.2, -0.15) is 0 Å². The molecule has 0 atom stereocenters. The first-order valence-corrected chi connectivity index (χ1v) is 3.28. The summed E-state index contributed by atoms with van der Waals surface area (Å²) in [5, 5.41) is 0. The Balaban J connectivity index is 3.87. The van der Waals surface area contributed by atoms with Crippen molar-refractivity contribution < 1.29 is 4.42 Å². The summed E-state index contributed by atoms with van der Waals surface area (Å²) >= 11 is 0. The van der Waals surface area contributed by atoms with Crippen LogP contribution >= 0.6 is 0 Å². The van der Waals surface area contributed by atoms with Gasteiger partial charge in [0.05, 0.1) is 0 Å². The summed E-state index contributed by atoms with van der Waals surface area (Å²) in [6.07, 6.45) is 0. The molecule has 0 radical (unpaired) electrons. The molecule has 66 valence electrons. The summed E-state index contributed by atoms with van der Waals surface area (Å²) in [6, 6.07) is 0. The molecule has 0 aliphatic heterocycles. The van der Waals surface area contributed by atoms with Gasteiger partial charge in [0.25, 0.3) is 0 Å². The minimum atomic E-state index is -0.710. The van der Waals surface area contributed by atoms with Gasteiger partial charge in [-0.3, -0.25) is 4.57 Å². The smallest absolute Gasteiger partial charge is 0.375 e. The molecular formula is C6H9N3O3. The van der Waals surface area contributed by atoms with Crippen molar-refractivity contribution in [3.8, 4) is 0 Å². The summed E-state index contributed by atoms with van der Waals surface area (Å²) in [5.41, 5.74) is -0.435. The number of nitrogens with zero attached hydrogens (tertiary/aromatic N) is 3. The fraction of sp³-hybridized carbons (Fsp3) is 0.500. The van der Waals surface area contributed by atoms with E-state index in [2.05, 4.69) is 9.41 Å². The third kappa shape index (κ3) is 1.11. The van der Waals surface area contributed by atoms with Crippen molar-refractivity contribution in [1.29, 1.82) is 0 Å². The zero-order valence-electron chi connectivity index (χ0n) is 7.07. The van der Waals surface area contributed by atoms with Crippen LogP contribution < -0.4 is 17.1 Å². The molecule has 0 aliphatic rings. The van der Waals surface area contributed by atoms with E-state index in [1.165, 1.54) is 21.1 Å². The van der Waals surface area contributed by atoms with Gasteiger partial charge in [-0.25, -0.2) is 19.1 Å². The lowest BCUT2D eigenvalue weighted by Crippen LogP contribution is -2.44. The van der Waals surface area contributed by atoms with Crippen LogP contribution in [0.5, 0.6) is 0 Å². The van der Waals surface area contributed by atoms with Crippen molar-refractivity contribution in [1.82, 2.24) is 9.13 Å². The third-order valence-electron chi connectivity index (χ3n) is 1.50. The Bertz CT molecular complexity index is 462. The van der Waals surface area contributed by atoms with Gasteiger partial charge in [0.15, 0.2) is 0 Å². The van der Waals surface area contributed by atoms with Crippen LogP contribution in [0.1, 0.15) is 0 Å². The van der Waals surface area contributed by atoms with Crippen LogP contribution in [0.15, 0.2) is 19.0 Å². The van der Waals surface area contributed by atoms with E-state index < -0.39 is 11.4 Å². The average Bonchev–Trinajstić information content (AvgIpc) is 2.08. The van der Waals surface area contributed by atoms with Gasteiger partial charge in [-0.15, -0.1) is 0 Å². The molecule has 0 saturated carbocycles. The molecule has 0 amide bonds. The average molecular weight is 171 g/mol. The molecule has 6 heteroatoms. The lowest BCUT2D eigenvalue weighted by molar-refractivity contribution is 0.338. The number of hydrogen-bond donors (Lipinski definition) is 0. The second-order valence-corrected chi connectivity index (χ2v) is 2.27. The van der Waals surface area contributed by atoms with Crippen LogP contribution in [-0.2, 0) is 14.1 Å². The van der Waals surface area contributed by atoms with Gasteiger partial charge in [0.1, 0.15) is 0 Å². The van der Waals surface area contributed by atoms with Gasteiger partial charge in [-0.05, 0) is 0 Å². The molecule has 0 bridgehead atoms. The van der Waals surface area contributed by atoms with E-state index in [9.17, 15) is 9.59 Å². The van der Waals surface area contributed by atoms with E-state index in [-0.39, 0.29) is 5.68 Å². The number of hydrogen-bond acceptors (Lipinski definition) is 4. The Morgan fingerprint density at radius 3 is 2.33 bits per heavy atom. The molecule has 0 N–H and O–H groups in total. The van der Waals surface area contributed by atoms with E-state index >= 15 is 0 Å². The fourth-order valence-electron chi connectivity index (χ4n) is 0.796. The molecule has 0 aromatic carbocycles. The van der Waals surface area contributed by atoms with Crippen LogP contribution in [0.2, 0.25) is 0 Å². The molecule has 1 aromatic rings. The summed E-state index contributed by atoms with van der Waals surface area (Å²) in [4.78, 5) is 25.7. The number of rotatable bonds is 0. The molecule has 1 aromatic heterocycles. The largest absolute Gasteiger partial charge is 0.425 e. The molecule has 1 rings (SSSR count). The second kappa shape index (κ2) is 2.80. The Morgan fingerprint density at radius 2 is 1.83 bits per heavy atom. The van der Waals surface area contributed by atoms with Gasteiger partial charge in [0.2, 0.25) is 0 Å². The van der Waals surface area contributed by atoms with E-state index in [0.29, 0.717) is 0 Å². The normalized spacial score (nSPS) is 12.1. The molecule has 0 spiro atoms. The summed E-state index contributed by atoms with van der Waals surface area (Å²) in [7, 11) is 4.26. The summed E-state index contributed by atoms with van der Waals surface area (Å²) in [6.45, 7) is 0. The minimum absolute atomic E-state index is 0.0168. The van der Waals surface area contributed by atoms with Crippen molar-refractivity contribution in [3.63, 3.8) is 0 Å². The second-order valence-electron chi connectivity index (χ2n) is 2.27. The van der Waals surface area contributed by atoms with Crippen LogP contribution in [0.4, 0.5) is 0 Å².